The van der Waals surface area contributed by atoms with Gasteiger partial charge in [0.05, 0.1) is 11.7 Å². The van der Waals surface area contributed by atoms with E-state index in [0.29, 0.717) is 40.0 Å². The summed E-state index contributed by atoms with van der Waals surface area (Å²) in [6, 6.07) is 12.8. The van der Waals surface area contributed by atoms with Crippen LogP contribution >= 0.6 is 12.4 Å². The largest absolute Gasteiger partial charge is 0.514 e. The van der Waals surface area contributed by atoms with E-state index in [9.17, 15) is 9.59 Å². The quantitative estimate of drug-likeness (QED) is 0.0950. The maximum Gasteiger partial charge on any atom is 0.514 e. The van der Waals surface area contributed by atoms with Crippen molar-refractivity contribution in [1.82, 2.24) is 4.90 Å². The number of benzene rings is 2. The van der Waals surface area contributed by atoms with Crippen LogP contribution in [-0.2, 0) is 11.2 Å². The van der Waals surface area contributed by atoms with Crippen molar-refractivity contribution in [2.75, 3.05) is 19.6 Å². The molecule has 6 nitrogen and oxygen atoms in total. The van der Waals surface area contributed by atoms with Crippen LogP contribution in [0.15, 0.2) is 53.0 Å². The number of ketones is 1. The number of halogens is 1. The predicted octanol–water partition coefficient (Wildman–Crippen LogP) is 9.27. The van der Waals surface area contributed by atoms with Gasteiger partial charge >= 0.3 is 6.16 Å². The van der Waals surface area contributed by atoms with Crippen LogP contribution in [0.3, 0.4) is 0 Å². The fourth-order valence-corrected chi connectivity index (χ4v) is 4.55. The van der Waals surface area contributed by atoms with Gasteiger partial charge in [0.25, 0.3) is 0 Å². The molecule has 0 aliphatic rings. The first-order chi connectivity index (χ1) is 19.4. The molecular weight excluding hydrogens is 538 g/mol. The zero-order valence-electron chi connectivity index (χ0n) is 25.2. The van der Waals surface area contributed by atoms with Crippen LogP contribution in [0.25, 0.3) is 17.0 Å². The third-order valence-electron chi connectivity index (χ3n) is 6.75. The number of hydrogen-bond donors (Lipinski definition) is 0. The van der Waals surface area contributed by atoms with Crippen molar-refractivity contribution in [2.24, 2.45) is 0 Å². The second-order valence-corrected chi connectivity index (χ2v) is 10.5. The zero-order chi connectivity index (χ0) is 28.9. The molecule has 3 rings (SSSR count). The molecule has 0 amide bonds. The highest BCUT2D eigenvalue weighted by Gasteiger charge is 2.23. The molecule has 3 aromatic rings. The van der Waals surface area contributed by atoms with E-state index in [1.54, 1.807) is 32.0 Å². The summed E-state index contributed by atoms with van der Waals surface area (Å²) in [5.41, 5.74) is 2.77. The lowest BCUT2D eigenvalue weighted by atomic mass is 9.97. The van der Waals surface area contributed by atoms with Crippen molar-refractivity contribution in [3.8, 4) is 5.75 Å². The third-order valence-corrected chi connectivity index (χ3v) is 6.75. The Hall–Kier alpha value is -3.09. The van der Waals surface area contributed by atoms with Crippen molar-refractivity contribution in [3.05, 3.63) is 71.0 Å². The maximum absolute atomic E-state index is 13.8. The topological polar surface area (TPSA) is 69.0 Å². The average molecular weight is 584 g/mol. The number of furan rings is 1. The highest BCUT2D eigenvalue weighted by Crippen LogP contribution is 2.32. The van der Waals surface area contributed by atoms with Gasteiger partial charge < -0.3 is 13.9 Å². The van der Waals surface area contributed by atoms with Gasteiger partial charge in [0, 0.05) is 23.9 Å². The first-order valence-corrected chi connectivity index (χ1v) is 14.8. The van der Waals surface area contributed by atoms with Crippen molar-refractivity contribution in [3.63, 3.8) is 0 Å². The monoisotopic (exact) mass is 583 g/mol. The van der Waals surface area contributed by atoms with Crippen molar-refractivity contribution in [2.45, 2.75) is 85.7 Å². The van der Waals surface area contributed by atoms with Crippen LogP contribution in [0.5, 0.6) is 5.75 Å². The Morgan fingerprint density at radius 3 is 2.20 bits per heavy atom. The Morgan fingerprint density at radius 2 is 1.59 bits per heavy atom. The van der Waals surface area contributed by atoms with Gasteiger partial charge in [-0.2, -0.15) is 0 Å². The maximum atomic E-state index is 13.8. The van der Waals surface area contributed by atoms with Crippen LogP contribution in [0.1, 0.15) is 100 Å². The number of unbranched alkanes of at least 4 members (excludes halogenated alkanes) is 3. The van der Waals surface area contributed by atoms with E-state index in [4.69, 9.17) is 13.9 Å². The molecule has 0 radical (unpaired) electrons. The molecule has 41 heavy (non-hydrogen) atoms. The van der Waals surface area contributed by atoms with Crippen molar-refractivity contribution < 1.29 is 23.5 Å². The normalized spacial score (nSPS) is 11.4. The summed E-state index contributed by atoms with van der Waals surface area (Å²) in [7, 11) is 0. The minimum atomic E-state index is -0.778. The predicted molar refractivity (Wildman–Crippen MR) is 169 cm³/mol. The Labute approximate surface area is 251 Å². The van der Waals surface area contributed by atoms with Crippen molar-refractivity contribution >= 4 is 41.4 Å². The summed E-state index contributed by atoms with van der Waals surface area (Å²) < 4.78 is 16.6. The summed E-state index contributed by atoms with van der Waals surface area (Å²) in [6.07, 6.45) is 10.6. The average Bonchev–Trinajstić information content (AvgIpc) is 3.30. The van der Waals surface area contributed by atoms with E-state index in [1.807, 2.05) is 24.3 Å². The molecule has 7 heteroatoms. The number of rotatable bonds is 16. The van der Waals surface area contributed by atoms with Gasteiger partial charge in [-0.05, 0) is 70.0 Å². The molecule has 0 aliphatic carbocycles. The van der Waals surface area contributed by atoms with Crippen LogP contribution in [-0.4, -0.2) is 42.6 Å². The first-order valence-electron chi connectivity index (χ1n) is 14.8. The molecule has 0 bridgehead atoms. The fraction of sp³-hybridized carbons (Fsp3) is 0.471. The number of carbonyl (C=O) groups is 2. The molecule has 2 aromatic carbocycles. The molecule has 224 valence electrons. The summed E-state index contributed by atoms with van der Waals surface area (Å²) in [5.74, 6) is 0.863. The van der Waals surface area contributed by atoms with E-state index in [0.717, 1.165) is 38.0 Å². The van der Waals surface area contributed by atoms with Crippen LogP contribution < -0.4 is 4.74 Å². The molecule has 0 saturated heterocycles. The molecular formula is C34H46ClNO5. The highest BCUT2D eigenvalue weighted by atomic mass is 35.5. The number of hydrogen-bond acceptors (Lipinski definition) is 6. The SMILES string of the molecule is CCCCc1oc2ccc(OC(=O)OC(C)C)cc2c1C(=O)c1ccc(/C=C/CN(CCCC)CCCC)cc1.Cl. The van der Waals surface area contributed by atoms with Crippen molar-refractivity contribution in [1.29, 1.82) is 0 Å². The third kappa shape index (κ3) is 10.4. The standard InChI is InChI=1S/C34H45NO5.ClH/c1-6-9-14-31-32(29-24-28(19-20-30(29)40-31)39-34(37)38-25(4)5)33(36)27-17-15-26(16-18-27)13-12-23-35(21-10-7-2)22-11-8-3;/h12-13,15-20,24-25H,6-11,14,21-23H2,1-5H3;1H/b13-12+;. The van der Waals surface area contributed by atoms with Gasteiger partial charge in [0.1, 0.15) is 17.1 Å². The first kappa shape index (κ1) is 34.1. The van der Waals surface area contributed by atoms with Gasteiger partial charge in [-0.3, -0.25) is 9.69 Å². The minimum Gasteiger partial charge on any atom is -0.460 e. The van der Waals surface area contributed by atoms with Gasteiger partial charge in [0.2, 0.25) is 0 Å². The summed E-state index contributed by atoms with van der Waals surface area (Å²) in [4.78, 5) is 28.3. The number of aryl methyl sites for hydroxylation is 1. The number of fused-ring (bicyclic) bond motifs is 1. The minimum absolute atomic E-state index is 0. The summed E-state index contributed by atoms with van der Waals surface area (Å²) in [6.45, 7) is 13.3. The number of carbonyl (C=O) groups excluding carboxylic acids is 2. The molecule has 0 atom stereocenters. The molecule has 0 unspecified atom stereocenters. The molecule has 0 N–H and O–H groups in total. The zero-order valence-corrected chi connectivity index (χ0v) is 26.1. The molecule has 1 heterocycles. The van der Waals surface area contributed by atoms with Gasteiger partial charge in [0.15, 0.2) is 5.78 Å². The molecule has 0 fully saturated rings. The van der Waals surface area contributed by atoms with Gasteiger partial charge in [-0.15, -0.1) is 12.4 Å². The van der Waals surface area contributed by atoms with Gasteiger partial charge in [-0.1, -0.05) is 76.5 Å². The van der Waals surface area contributed by atoms with E-state index < -0.39 is 6.16 Å². The summed E-state index contributed by atoms with van der Waals surface area (Å²) in [5, 5.41) is 0.633. The number of ether oxygens (including phenoxy) is 2. The highest BCUT2D eigenvalue weighted by molar-refractivity contribution is 6.17. The van der Waals surface area contributed by atoms with E-state index >= 15 is 0 Å². The number of nitrogens with zero attached hydrogens (tertiary/aromatic N) is 1. The lowest BCUT2D eigenvalue weighted by Gasteiger charge is -2.19. The Kier molecular flexibility index (Phi) is 14.7. The lowest BCUT2D eigenvalue weighted by molar-refractivity contribution is 0.0729. The molecule has 0 spiro atoms. The van der Waals surface area contributed by atoms with E-state index in [1.165, 1.54) is 25.7 Å². The molecule has 1 aromatic heterocycles. The van der Waals surface area contributed by atoms with E-state index in [2.05, 4.69) is 37.8 Å². The van der Waals surface area contributed by atoms with E-state index in [-0.39, 0.29) is 24.3 Å². The Morgan fingerprint density at radius 1 is 0.927 bits per heavy atom. The van der Waals surface area contributed by atoms with Crippen LogP contribution in [0.2, 0.25) is 0 Å². The molecule has 0 aliphatic heterocycles. The second kappa shape index (κ2) is 17.7. The molecule has 0 saturated carbocycles. The van der Waals surface area contributed by atoms with Crippen LogP contribution in [0.4, 0.5) is 4.79 Å². The second-order valence-electron chi connectivity index (χ2n) is 10.5. The summed E-state index contributed by atoms with van der Waals surface area (Å²) >= 11 is 0. The smallest absolute Gasteiger partial charge is 0.460 e. The van der Waals surface area contributed by atoms with Gasteiger partial charge in [-0.25, -0.2) is 4.79 Å². The fourth-order valence-electron chi connectivity index (χ4n) is 4.55. The Bertz CT molecular complexity index is 1250. The Balaban J connectivity index is 0.00000588. The lowest BCUT2D eigenvalue weighted by Crippen LogP contribution is -2.26. The van der Waals surface area contributed by atoms with Crippen LogP contribution in [0, 0.1) is 0 Å².